The lowest BCUT2D eigenvalue weighted by molar-refractivity contribution is 0.715. The highest BCUT2D eigenvalue weighted by molar-refractivity contribution is 9.10. The van der Waals surface area contributed by atoms with Crippen molar-refractivity contribution in [3.63, 3.8) is 0 Å². The number of thiazole rings is 1. The first-order chi connectivity index (χ1) is 7.70. The van der Waals surface area contributed by atoms with Gasteiger partial charge in [-0.3, -0.25) is 9.36 Å². The van der Waals surface area contributed by atoms with Crippen LogP contribution >= 0.6 is 27.3 Å². The Bertz CT molecular complexity index is 549. The molecule has 2 rings (SSSR count). The second kappa shape index (κ2) is 4.88. The van der Waals surface area contributed by atoms with Crippen molar-refractivity contribution in [1.82, 2.24) is 14.5 Å². The standard InChI is InChI=1S/C10H10BrN3OS/c1-2-9-13-7(5-16-9)4-14-6-12-3-8(11)10(14)15/h3,5-6H,2,4H2,1H3. The Morgan fingerprint density at radius 2 is 2.38 bits per heavy atom. The summed E-state index contributed by atoms with van der Waals surface area (Å²) in [6, 6.07) is 0. The predicted octanol–water partition coefficient (Wildman–Crippen LogP) is 2.07. The molecule has 0 aromatic carbocycles. The van der Waals surface area contributed by atoms with Crippen molar-refractivity contribution in [2.75, 3.05) is 0 Å². The fraction of sp³-hybridized carbons (Fsp3) is 0.300. The summed E-state index contributed by atoms with van der Waals surface area (Å²) < 4.78 is 2.01. The minimum Gasteiger partial charge on any atom is -0.292 e. The maximum Gasteiger partial charge on any atom is 0.267 e. The van der Waals surface area contributed by atoms with Crippen LogP contribution in [0.3, 0.4) is 0 Å². The molecule has 0 aliphatic rings. The molecule has 0 amide bonds. The summed E-state index contributed by atoms with van der Waals surface area (Å²) in [4.78, 5) is 20.1. The van der Waals surface area contributed by atoms with Gasteiger partial charge in [0.15, 0.2) is 0 Å². The monoisotopic (exact) mass is 299 g/mol. The molecule has 0 aliphatic heterocycles. The predicted molar refractivity (Wildman–Crippen MR) is 66.8 cm³/mol. The minimum absolute atomic E-state index is 0.0824. The third-order valence-electron chi connectivity index (χ3n) is 2.09. The van der Waals surface area contributed by atoms with E-state index in [9.17, 15) is 4.79 Å². The van der Waals surface area contributed by atoms with Gasteiger partial charge in [0.25, 0.3) is 5.56 Å². The van der Waals surface area contributed by atoms with Crippen LogP contribution in [-0.2, 0) is 13.0 Å². The van der Waals surface area contributed by atoms with E-state index in [4.69, 9.17) is 0 Å². The van der Waals surface area contributed by atoms with Crippen LogP contribution in [0, 0.1) is 0 Å². The smallest absolute Gasteiger partial charge is 0.267 e. The summed E-state index contributed by atoms with van der Waals surface area (Å²) in [6.45, 7) is 2.54. The maximum atomic E-state index is 11.7. The van der Waals surface area contributed by atoms with E-state index in [2.05, 4.69) is 32.8 Å². The Hall–Kier alpha value is -1.01. The van der Waals surface area contributed by atoms with E-state index in [0.717, 1.165) is 17.1 Å². The Labute approximate surface area is 105 Å². The van der Waals surface area contributed by atoms with Crippen LogP contribution in [0.4, 0.5) is 0 Å². The molecule has 2 aromatic rings. The Morgan fingerprint density at radius 1 is 1.56 bits per heavy atom. The molecule has 0 N–H and O–H groups in total. The average Bonchev–Trinajstić information content (AvgIpc) is 2.73. The van der Waals surface area contributed by atoms with Crippen molar-refractivity contribution >= 4 is 27.3 Å². The van der Waals surface area contributed by atoms with Crippen LogP contribution in [0.25, 0.3) is 0 Å². The zero-order valence-corrected chi connectivity index (χ0v) is 11.1. The first kappa shape index (κ1) is 11.5. The number of hydrogen-bond donors (Lipinski definition) is 0. The fourth-order valence-electron chi connectivity index (χ4n) is 1.30. The SMILES string of the molecule is CCc1nc(Cn2cncc(Br)c2=O)cs1. The summed E-state index contributed by atoms with van der Waals surface area (Å²) in [5.74, 6) is 0. The van der Waals surface area contributed by atoms with Crippen molar-refractivity contribution < 1.29 is 0 Å². The van der Waals surface area contributed by atoms with E-state index in [1.165, 1.54) is 12.5 Å². The largest absolute Gasteiger partial charge is 0.292 e. The van der Waals surface area contributed by atoms with E-state index < -0.39 is 0 Å². The molecule has 0 unspecified atom stereocenters. The van der Waals surface area contributed by atoms with Gasteiger partial charge in [-0.15, -0.1) is 11.3 Å². The Balaban J connectivity index is 2.27. The zero-order chi connectivity index (χ0) is 11.5. The molecule has 2 aromatic heterocycles. The van der Waals surface area contributed by atoms with Gasteiger partial charge in [0, 0.05) is 11.6 Å². The van der Waals surface area contributed by atoms with Crippen molar-refractivity contribution in [2.45, 2.75) is 19.9 Å². The second-order valence-electron chi connectivity index (χ2n) is 3.26. The zero-order valence-electron chi connectivity index (χ0n) is 8.68. The molecule has 6 heteroatoms. The van der Waals surface area contributed by atoms with Gasteiger partial charge in [0.2, 0.25) is 0 Å². The molecule has 0 aliphatic carbocycles. The van der Waals surface area contributed by atoms with Crippen molar-refractivity contribution in [2.24, 2.45) is 0 Å². The minimum atomic E-state index is -0.0824. The Morgan fingerprint density at radius 3 is 3.06 bits per heavy atom. The molecule has 0 bridgehead atoms. The van der Waals surface area contributed by atoms with Gasteiger partial charge in [-0.25, -0.2) is 9.97 Å². The number of halogens is 1. The van der Waals surface area contributed by atoms with E-state index in [-0.39, 0.29) is 5.56 Å². The first-order valence-corrected chi connectivity index (χ1v) is 6.51. The molecule has 16 heavy (non-hydrogen) atoms. The molecule has 0 fully saturated rings. The molecule has 0 spiro atoms. The third-order valence-corrected chi connectivity index (χ3v) is 3.68. The summed E-state index contributed by atoms with van der Waals surface area (Å²) in [6.07, 6.45) is 3.95. The highest BCUT2D eigenvalue weighted by Gasteiger charge is 2.04. The third kappa shape index (κ3) is 2.38. The lowest BCUT2D eigenvalue weighted by Crippen LogP contribution is -2.21. The first-order valence-electron chi connectivity index (χ1n) is 4.84. The fourth-order valence-corrected chi connectivity index (χ4v) is 2.38. The molecular weight excluding hydrogens is 290 g/mol. The quantitative estimate of drug-likeness (QED) is 0.872. The normalized spacial score (nSPS) is 10.6. The van der Waals surface area contributed by atoms with Crippen LogP contribution in [-0.4, -0.2) is 14.5 Å². The highest BCUT2D eigenvalue weighted by Crippen LogP contribution is 2.11. The molecule has 0 saturated carbocycles. The maximum absolute atomic E-state index is 11.7. The summed E-state index contributed by atoms with van der Waals surface area (Å²) >= 11 is 4.78. The molecule has 0 saturated heterocycles. The van der Waals surface area contributed by atoms with Crippen LogP contribution in [0.15, 0.2) is 27.2 Å². The summed E-state index contributed by atoms with van der Waals surface area (Å²) in [5, 5.41) is 3.07. The van der Waals surface area contributed by atoms with Gasteiger partial charge in [-0.1, -0.05) is 6.92 Å². The topological polar surface area (TPSA) is 47.8 Å². The van der Waals surface area contributed by atoms with Crippen molar-refractivity contribution in [3.8, 4) is 0 Å². The number of nitrogens with zero attached hydrogens (tertiary/aromatic N) is 3. The lowest BCUT2D eigenvalue weighted by Gasteiger charge is -2.01. The number of aryl methyl sites for hydroxylation is 1. The van der Waals surface area contributed by atoms with Gasteiger partial charge >= 0.3 is 0 Å². The van der Waals surface area contributed by atoms with Gasteiger partial charge in [0.05, 0.1) is 23.6 Å². The van der Waals surface area contributed by atoms with Crippen LogP contribution in [0.5, 0.6) is 0 Å². The van der Waals surface area contributed by atoms with Gasteiger partial charge < -0.3 is 0 Å². The van der Waals surface area contributed by atoms with Crippen molar-refractivity contribution in [1.29, 1.82) is 0 Å². The second-order valence-corrected chi connectivity index (χ2v) is 5.06. The highest BCUT2D eigenvalue weighted by atomic mass is 79.9. The summed E-state index contributed by atoms with van der Waals surface area (Å²) in [7, 11) is 0. The molecule has 2 heterocycles. The van der Waals surface area contributed by atoms with Gasteiger partial charge in [-0.2, -0.15) is 0 Å². The molecule has 84 valence electrons. The molecule has 0 radical (unpaired) electrons. The van der Waals surface area contributed by atoms with Gasteiger partial charge in [0.1, 0.15) is 4.47 Å². The Kier molecular flexibility index (Phi) is 3.50. The van der Waals surface area contributed by atoms with E-state index in [1.54, 1.807) is 15.9 Å². The van der Waals surface area contributed by atoms with Crippen LogP contribution < -0.4 is 5.56 Å². The van der Waals surface area contributed by atoms with E-state index >= 15 is 0 Å². The van der Waals surface area contributed by atoms with Crippen LogP contribution in [0.1, 0.15) is 17.6 Å². The molecule has 0 atom stereocenters. The van der Waals surface area contributed by atoms with Crippen molar-refractivity contribution in [3.05, 3.63) is 43.4 Å². The van der Waals surface area contributed by atoms with E-state index in [0.29, 0.717) is 11.0 Å². The lowest BCUT2D eigenvalue weighted by atomic mass is 10.4. The van der Waals surface area contributed by atoms with Gasteiger partial charge in [-0.05, 0) is 22.4 Å². The van der Waals surface area contributed by atoms with Crippen LogP contribution in [0.2, 0.25) is 0 Å². The number of hydrogen-bond acceptors (Lipinski definition) is 4. The average molecular weight is 300 g/mol. The number of aromatic nitrogens is 3. The molecule has 4 nitrogen and oxygen atoms in total. The summed E-state index contributed by atoms with van der Waals surface area (Å²) in [5.41, 5.74) is 0.824. The van der Waals surface area contributed by atoms with E-state index in [1.807, 2.05) is 5.38 Å². The number of rotatable bonds is 3. The molecular formula is C10H10BrN3OS.